The zero-order chi connectivity index (χ0) is 10.7. The third-order valence-electron chi connectivity index (χ3n) is 2.99. The van der Waals surface area contributed by atoms with Gasteiger partial charge in [0.1, 0.15) is 0 Å². The topological polar surface area (TPSA) is 0 Å². The fourth-order valence-corrected chi connectivity index (χ4v) is 2.38. The fraction of sp³-hybridized carbons (Fsp3) is 0.538. The highest BCUT2D eigenvalue weighted by molar-refractivity contribution is 6.30. The van der Waals surface area contributed by atoms with Gasteiger partial charge in [-0.3, -0.25) is 0 Å². The molecule has 1 aliphatic carbocycles. The van der Waals surface area contributed by atoms with Crippen molar-refractivity contribution < 1.29 is 0 Å². The maximum Gasteiger partial charge on any atom is 0.0406 e. The van der Waals surface area contributed by atoms with Crippen LogP contribution in [-0.4, -0.2) is 5.38 Å². The van der Waals surface area contributed by atoms with E-state index in [0.717, 1.165) is 23.8 Å². The van der Waals surface area contributed by atoms with Crippen LogP contribution in [0, 0.1) is 5.92 Å². The van der Waals surface area contributed by atoms with Gasteiger partial charge in [-0.05, 0) is 55.7 Å². The van der Waals surface area contributed by atoms with Gasteiger partial charge in [-0.25, -0.2) is 0 Å². The lowest BCUT2D eigenvalue weighted by Crippen LogP contribution is -2.01. The third-order valence-corrected chi connectivity index (χ3v) is 3.82. The molecule has 0 nitrogen and oxygen atoms in total. The number of rotatable bonds is 5. The van der Waals surface area contributed by atoms with Crippen molar-refractivity contribution in [1.82, 2.24) is 0 Å². The smallest absolute Gasteiger partial charge is 0.0406 e. The summed E-state index contributed by atoms with van der Waals surface area (Å²) in [7, 11) is 0. The summed E-state index contributed by atoms with van der Waals surface area (Å²) in [6.07, 6.45) is 6.14. The van der Waals surface area contributed by atoms with E-state index in [4.69, 9.17) is 23.2 Å². The summed E-state index contributed by atoms with van der Waals surface area (Å²) in [6.45, 7) is 0. The minimum absolute atomic E-state index is 0.414. The van der Waals surface area contributed by atoms with E-state index < -0.39 is 0 Å². The molecule has 82 valence electrons. The van der Waals surface area contributed by atoms with Crippen LogP contribution in [-0.2, 0) is 6.42 Å². The number of aryl methyl sites for hydroxylation is 1. The first-order valence-electron chi connectivity index (χ1n) is 5.64. The summed E-state index contributed by atoms with van der Waals surface area (Å²) in [4.78, 5) is 0. The first-order valence-corrected chi connectivity index (χ1v) is 6.45. The molecule has 0 heterocycles. The summed E-state index contributed by atoms with van der Waals surface area (Å²) in [5.74, 6) is 0.817. The maximum absolute atomic E-state index is 6.25. The summed E-state index contributed by atoms with van der Waals surface area (Å²) < 4.78 is 0. The number of hydrogen-bond acceptors (Lipinski definition) is 0. The summed E-state index contributed by atoms with van der Waals surface area (Å²) in [5.41, 5.74) is 1.36. The number of halogens is 2. The van der Waals surface area contributed by atoms with Gasteiger partial charge in [0, 0.05) is 10.4 Å². The van der Waals surface area contributed by atoms with Crippen LogP contribution in [0.2, 0.25) is 5.02 Å². The summed E-state index contributed by atoms with van der Waals surface area (Å²) in [6, 6.07) is 8.11. The molecule has 0 aromatic heterocycles. The normalized spacial score (nSPS) is 17.7. The Morgan fingerprint density at radius 1 is 1.20 bits per heavy atom. The molecule has 1 unspecified atom stereocenters. The van der Waals surface area contributed by atoms with Crippen molar-refractivity contribution in [3.8, 4) is 0 Å². The van der Waals surface area contributed by atoms with Gasteiger partial charge in [-0.2, -0.15) is 0 Å². The van der Waals surface area contributed by atoms with Gasteiger partial charge in [0.2, 0.25) is 0 Å². The van der Waals surface area contributed by atoms with E-state index in [-0.39, 0.29) is 0 Å². The molecule has 1 aromatic carbocycles. The van der Waals surface area contributed by atoms with Gasteiger partial charge in [0.15, 0.2) is 0 Å². The Labute approximate surface area is 102 Å². The van der Waals surface area contributed by atoms with E-state index in [0.29, 0.717) is 5.38 Å². The molecule has 2 heteroatoms. The van der Waals surface area contributed by atoms with Crippen LogP contribution in [0.4, 0.5) is 0 Å². The molecule has 0 radical (unpaired) electrons. The van der Waals surface area contributed by atoms with E-state index in [9.17, 15) is 0 Å². The molecule has 2 rings (SSSR count). The molecule has 1 saturated carbocycles. The van der Waals surface area contributed by atoms with E-state index in [1.54, 1.807) is 0 Å². The summed E-state index contributed by atoms with van der Waals surface area (Å²) in [5, 5.41) is 1.23. The van der Waals surface area contributed by atoms with E-state index in [2.05, 4.69) is 12.1 Å². The lowest BCUT2D eigenvalue weighted by atomic mass is 10.1. The third kappa shape index (κ3) is 3.70. The van der Waals surface area contributed by atoms with E-state index in [1.807, 2.05) is 12.1 Å². The predicted molar refractivity (Wildman–Crippen MR) is 66.8 cm³/mol. The van der Waals surface area contributed by atoms with Crippen molar-refractivity contribution in [3.05, 3.63) is 34.9 Å². The zero-order valence-corrected chi connectivity index (χ0v) is 10.3. The molecule has 1 aliphatic rings. The van der Waals surface area contributed by atoms with Crippen LogP contribution in [0.5, 0.6) is 0 Å². The lowest BCUT2D eigenvalue weighted by Gasteiger charge is -2.07. The van der Waals surface area contributed by atoms with Crippen molar-refractivity contribution in [1.29, 1.82) is 0 Å². The SMILES string of the molecule is Clc1ccc(CCCC(Cl)C2CC2)cc1. The Morgan fingerprint density at radius 3 is 2.47 bits per heavy atom. The average Bonchev–Trinajstić information content (AvgIpc) is 3.04. The molecular formula is C13H16Cl2. The monoisotopic (exact) mass is 242 g/mol. The lowest BCUT2D eigenvalue weighted by molar-refractivity contribution is 0.637. The molecule has 0 spiro atoms. The van der Waals surface area contributed by atoms with Crippen molar-refractivity contribution >= 4 is 23.2 Å². The summed E-state index contributed by atoms with van der Waals surface area (Å²) >= 11 is 12.1. The molecule has 0 bridgehead atoms. The van der Waals surface area contributed by atoms with Gasteiger partial charge in [-0.15, -0.1) is 11.6 Å². The second kappa shape index (κ2) is 5.23. The molecule has 15 heavy (non-hydrogen) atoms. The molecule has 1 atom stereocenters. The minimum Gasteiger partial charge on any atom is -0.123 e. The van der Waals surface area contributed by atoms with Crippen LogP contribution < -0.4 is 0 Å². The largest absolute Gasteiger partial charge is 0.123 e. The van der Waals surface area contributed by atoms with E-state index in [1.165, 1.54) is 24.8 Å². The first kappa shape index (κ1) is 11.3. The average molecular weight is 243 g/mol. The number of alkyl halides is 1. The van der Waals surface area contributed by atoms with Gasteiger partial charge in [-0.1, -0.05) is 23.7 Å². The Balaban J connectivity index is 1.70. The molecule has 0 saturated heterocycles. The van der Waals surface area contributed by atoms with E-state index >= 15 is 0 Å². The predicted octanol–water partition coefficient (Wildman–Crippen LogP) is 4.68. The van der Waals surface area contributed by atoms with Gasteiger partial charge < -0.3 is 0 Å². The second-order valence-corrected chi connectivity index (χ2v) is 5.37. The number of hydrogen-bond donors (Lipinski definition) is 0. The van der Waals surface area contributed by atoms with Crippen molar-refractivity contribution in [2.45, 2.75) is 37.5 Å². The minimum atomic E-state index is 0.414. The van der Waals surface area contributed by atoms with Gasteiger partial charge >= 0.3 is 0 Å². The van der Waals surface area contributed by atoms with Crippen LogP contribution in [0.1, 0.15) is 31.2 Å². The van der Waals surface area contributed by atoms with Crippen molar-refractivity contribution in [2.24, 2.45) is 5.92 Å². The first-order chi connectivity index (χ1) is 7.25. The standard InChI is InChI=1S/C13H16Cl2/c14-12-8-4-10(5-9-12)2-1-3-13(15)11-6-7-11/h4-5,8-9,11,13H,1-3,6-7H2. The Hall–Kier alpha value is -0.200. The zero-order valence-electron chi connectivity index (χ0n) is 8.76. The molecule has 1 fully saturated rings. The molecule has 0 aliphatic heterocycles. The molecule has 1 aromatic rings. The molecule has 0 N–H and O–H groups in total. The number of benzene rings is 1. The van der Waals surface area contributed by atoms with Gasteiger partial charge in [0.25, 0.3) is 0 Å². The van der Waals surface area contributed by atoms with Crippen LogP contribution in [0.25, 0.3) is 0 Å². The quantitative estimate of drug-likeness (QED) is 0.658. The highest BCUT2D eigenvalue weighted by atomic mass is 35.5. The molecular weight excluding hydrogens is 227 g/mol. The maximum atomic E-state index is 6.25. The Bertz CT molecular complexity index is 301. The van der Waals surface area contributed by atoms with Crippen molar-refractivity contribution in [3.63, 3.8) is 0 Å². The van der Waals surface area contributed by atoms with Crippen molar-refractivity contribution in [2.75, 3.05) is 0 Å². The van der Waals surface area contributed by atoms with Crippen LogP contribution in [0.15, 0.2) is 24.3 Å². The Kier molecular flexibility index (Phi) is 3.93. The highest BCUT2D eigenvalue weighted by Crippen LogP contribution is 2.37. The second-order valence-electron chi connectivity index (χ2n) is 4.37. The van der Waals surface area contributed by atoms with Crippen LogP contribution in [0.3, 0.4) is 0 Å². The Morgan fingerprint density at radius 2 is 1.87 bits per heavy atom. The fourth-order valence-electron chi connectivity index (χ4n) is 1.85. The highest BCUT2D eigenvalue weighted by Gasteiger charge is 2.28. The van der Waals surface area contributed by atoms with Gasteiger partial charge in [0.05, 0.1) is 0 Å². The van der Waals surface area contributed by atoms with Crippen LogP contribution >= 0.6 is 23.2 Å². The molecule has 0 amide bonds.